The zero-order chi connectivity index (χ0) is 24.3. The molecule has 0 aromatic heterocycles. The lowest BCUT2D eigenvalue weighted by atomic mass is 10.0. The Labute approximate surface area is 196 Å². The Morgan fingerprint density at radius 3 is 2.39 bits per heavy atom. The van der Waals surface area contributed by atoms with Gasteiger partial charge in [0.25, 0.3) is 0 Å². The van der Waals surface area contributed by atoms with E-state index in [-0.39, 0.29) is 11.5 Å². The first-order chi connectivity index (χ1) is 15.4. The van der Waals surface area contributed by atoms with E-state index >= 15 is 0 Å². The van der Waals surface area contributed by atoms with Crippen molar-refractivity contribution in [1.29, 1.82) is 0 Å². The number of sulfonamides is 1. The van der Waals surface area contributed by atoms with Gasteiger partial charge in [-0.1, -0.05) is 37.7 Å². The summed E-state index contributed by atoms with van der Waals surface area (Å²) < 4.78 is 58.8. The molecule has 0 saturated carbocycles. The quantitative estimate of drug-likeness (QED) is 0.534. The highest BCUT2D eigenvalue weighted by Crippen LogP contribution is 2.35. The highest BCUT2D eigenvalue weighted by molar-refractivity contribution is 8.04. The van der Waals surface area contributed by atoms with Crippen molar-refractivity contribution in [2.75, 3.05) is 11.0 Å². The van der Waals surface area contributed by atoms with Gasteiger partial charge in [-0.2, -0.15) is 0 Å². The molecule has 0 fully saturated rings. The fraction of sp³-hybridized carbons (Fsp3) is 0.348. The third kappa shape index (κ3) is 6.70. The van der Waals surface area contributed by atoms with Crippen molar-refractivity contribution in [2.45, 2.75) is 44.4 Å². The molecule has 6 nitrogen and oxygen atoms in total. The molecule has 1 unspecified atom stereocenters. The minimum absolute atomic E-state index is 0.176. The molecule has 0 radical (unpaired) electrons. The summed E-state index contributed by atoms with van der Waals surface area (Å²) >= 11 is 1.28. The van der Waals surface area contributed by atoms with Gasteiger partial charge in [-0.05, 0) is 60.7 Å². The maximum Gasteiger partial charge on any atom is 0.234 e. The van der Waals surface area contributed by atoms with Crippen molar-refractivity contribution in [3.05, 3.63) is 70.3 Å². The molecule has 1 heterocycles. The van der Waals surface area contributed by atoms with Gasteiger partial charge in [0.2, 0.25) is 15.9 Å². The summed E-state index contributed by atoms with van der Waals surface area (Å²) in [6.45, 7) is 5.78. The molecule has 2 aromatic rings. The number of ether oxygens (including phenoxy) is 1. The summed E-state index contributed by atoms with van der Waals surface area (Å²) in [7, 11) is -3.84. The molecule has 0 saturated heterocycles. The number of amides is 1. The van der Waals surface area contributed by atoms with Crippen LogP contribution in [0, 0.1) is 11.6 Å². The van der Waals surface area contributed by atoms with Crippen LogP contribution in [0.4, 0.5) is 14.5 Å². The van der Waals surface area contributed by atoms with Crippen molar-refractivity contribution in [1.82, 2.24) is 5.32 Å². The third-order valence-electron chi connectivity index (χ3n) is 5.00. The SMILES string of the molecule is CC(C)c1cccc(OC2=CCC(C(=O)N[C@H](C)c3cc(F)c(NS(C)(=O)=O)c(F)c3)S2)c1. The molecule has 2 aromatic carbocycles. The van der Waals surface area contributed by atoms with E-state index in [2.05, 4.69) is 19.2 Å². The second kappa shape index (κ2) is 10.1. The molecule has 3 rings (SSSR count). The minimum atomic E-state index is -3.84. The van der Waals surface area contributed by atoms with E-state index in [0.29, 0.717) is 23.2 Å². The summed E-state index contributed by atoms with van der Waals surface area (Å²) in [4.78, 5) is 12.7. The van der Waals surface area contributed by atoms with Gasteiger partial charge in [0.1, 0.15) is 11.4 Å². The van der Waals surface area contributed by atoms with E-state index in [9.17, 15) is 22.0 Å². The van der Waals surface area contributed by atoms with Gasteiger partial charge in [-0.15, -0.1) is 0 Å². The van der Waals surface area contributed by atoms with Crippen molar-refractivity contribution >= 4 is 33.4 Å². The minimum Gasteiger partial charge on any atom is -0.451 e. The first kappa shape index (κ1) is 25.0. The molecule has 33 heavy (non-hydrogen) atoms. The smallest absolute Gasteiger partial charge is 0.234 e. The molecular weight excluding hydrogens is 470 g/mol. The predicted octanol–water partition coefficient (Wildman–Crippen LogP) is 5.06. The van der Waals surface area contributed by atoms with Gasteiger partial charge in [-0.25, -0.2) is 17.2 Å². The fourth-order valence-corrected chi connectivity index (χ4v) is 4.79. The fourth-order valence-electron chi connectivity index (χ4n) is 3.23. The number of hydrogen-bond acceptors (Lipinski definition) is 5. The number of nitrogens with one attached hydrogen (secondary N) is 2. The maximum atomic E-state index is 14.3. The summed E-state index contributed by atoms with van der Waals surface area (Å²) in [5, 5.41) is 2.94. The van der Waals surface area contributed by atoms with E-state index in [1.54, 1.807) is 6.92 Å². The Kier molecular flexibility index (Phi) is 7.69. The molecule has 10 heteroatoms. The van der Waals surface area contributed by atoms with E-state index in [1.807, 2.05) is 35.1 Å². The van der Waals surface area contributed by atoms with E-state index in [1.165, 1.54) is 11.8 Å². The topological polar surface area (TPSA) is 84.5 Å². The second-order valence-corrected chi connectivity index (χ2v) is 11.1. The van der Waals surface area contributed by atoms with Crippen LogP contribution in [0.15, 0.2) is 47.6 Å². The van der Waals surface area contributed by atoms with Gasteiger partial charge in [-0.3, -0.25) is 9.52 Å². The molecule has 1 aliphatic heterocycles. The maximum absolute atomic E-state index is 14.3. The predicted molar refractivity (Wildman–Crippen MR) is 127 cm³/mol. The van der Waals surface area contributed by atoms with Gasteiger partial charge < -0.3 is 10.1 Å². The Bertz CT molecular complexity index is 1160. The zero-order valence-corrected chi connectivity index (χ0v) is 20.3. The number of allylic oxidation sites excluding steroid dienone is 1. The first-order valence-corrected chi connectivity index (χ1v) is 13.1. The van der Waals surface area contributed by atoms with Crippen molar-refractivity contribution in [3.63, 3.8) is 0 Å². The lowest BCUT2D eigenvalue weighted by Crippen LogP contribution is -2.33. The van der Waals surface area contributed by atoms with Crippen LogP contribution in [-0.4, -0.2) is 25.8 Å². The van der Waals surface area contributed by atoms with Crippen LogP contribution >= 0.6 is 11.8 Å². The van der Waals surface area contributed by atoms with Gasteiger partial charge in [0, 0.05) is 0 Å². The standard InChI is InChI=1S/C23H26F2N2O4S2/c1-13(2)15-6-5-7-17(10-15)31-21-9-8-20(32-21)23(28)26-14(3)16-11-18(24)22(19(25)12-16)27-33(4,29)30/h5-7,9-14,20,27H,8H2,1-4H3,(H,26,28)/t14-,20?/m1/s1. The number of rotatable bonds is 8. The summed E-state index contributed by atoms with van der Waals surface area (Å²) in [5.74, 6) is -1.36. The van der Waals surface area contributed by atoms with Crippen LogP contribution in [0.1, 0.15) is 50.3 Å². The second-order valence-electron chi connectivity index (χ2n) is 8.16. The number of hydrogen-bond donors (Lipinski definition) is 2. The van der Waals surface area contributed by atoms with Crippen LogP contribution in [0.2, 0.25) is 0 Å². The average molecular weight is 497 g/mol. The zero-order valence-electron chi connectivity index (χ0n) is 18.7. The Balaban J connectivity index is 1.60. The normalized spacial score (nSPS) is 16.9. The highest BCUT2D eigenvalue weighted by Gasteiger charge is 2.28. The summed E-state index contributed by atoms with van der Waals surface area (Å²) in [6.07, 6.45) is 3.10. The van der Waals surface area contributed by atoms with E-state index in [4.69, 9.17) is 4.74 Å². The van der Waals surface area contributed by atoms with E-state index in [0.717, 1.165) is 24.0 Å². The average Bonchev–Trinajstić information content (AvgIpc) is 3.18. The van der Waals surface area contributed by atoms with Crippen molar-refractivity contribution in [3.8, 4) is 5.75 Å². The molecule has 0 aliphatic carbocycles. The molecule has 0 bridgehead atoms. The highest BCUT2D eigenvalue weighted by atomic mass is 32.2. The molecular formula is C23H26F2N2O4S2. The van der Waals surface area contributed by atoms with Crippen molar-refractivity contribution in [2.24, 2.45) is 0 Å². The van der Waals surface area contributed by atoms with Gasteiger partial charge in [0.05, 0.1) is 17.5 Å². The Hall–Kier alpha value is -2.59. The van der Waals surface area contributed by atoms with E-state index < -0.39 is 38.6 Å². The molecule has 2 atom stereocenters. The number of thioether (sulfide) groups is 1. The molecule has 1 aliphatic rings. The van der Waals surface area contributed by atoms with Crippen LogP contribution in [0.5, 0.6) is 5.75 Å². The Morgan fingerprint density at radius 2 is 1.79 bits per heavy atom. The number of halogens is 2. The molecule has 1 amide bonds. The lowest BCUT2D eigenvalue weighted by molar-refractivity contribution is -0.121. The van der Waals surface area contributed by atoms with Crippen LogP contribution < -0.4 is 14.8 Å². The number of anilines is 1. The van der Waals surface area contributed by atoms with Crippen LogP contribution in [0.3, 0.4) is 0 Å². The number of carbonyl (C=O) groups is 1. The molecule has 2 N–H and O–H groups in total. The molecule has 178 valence electrons. The monoisotopic (exact) mass is 496 g/mol. The number of carbonyl (C=O) groups excluding carboxylic acids is 1. The van der Waals surface area contributed by atoms with Crippen LogP contribution in [0.25, 0.3) is 0 Å². The third-order valence-corrected chi connectivity index (χ3v) is 6.75. The summed E-state index contributed by atoms with van der Waals surface area (Å²) in [6, 6.07) is 9.07. The lowest BCUT2D eigenvalue weighted by Gasteiger charge is -2.18. The van der Waals surface area contributed by atoms with Gasteiger partial charge >= 0.3 is 0 Å². The number of benzene rings is 2. The Morgan fingerprint density at radius 1 is 1.12 bits per heavy atom. The van der Waals surface area contributed by atoms with Crippen molar-refractivity contribution < 1.29 is 26.7 Å². The summed E-state index contributed by atoms with van der Waals surface area (Å²) in [5.41, 5.74) is 0.574. The molecule has 0 spiro atoms. The first-order valence-electron chi connectivity index (χ1n) is 10.3. The van der Waals surface area contributed by atoms with Crippen LogP contribution in [-0.2, 0) is 14.8 Å². The van der Waals surface area contributed by atoms with Gasteiger partial charge in [0.15, 0.2) is 16.7 Å². The largest absolute Gasteiger partial charge is 0.451 e.